The maximum atomic E-state index is 6.48. The average molecular weight is 373 g/mol. The summed E-state index contributed by atoms with van der Waals surface area (Å²) in [7, 11) is 1.63. The van der Waals surface area contributed by atoms with Gasteiger partial charge in [-0.1, -0.05) is 38.3 Å². The molecule has 5 nitrogen and oxygen atoms in total. The second kappa shape index (κ2) is 8.04. The summed E-state index contributed by atoms with van der Waals surface area (Å²) >= 11 is 6.48. The number of benzene rings is 1. The Kier molecular flexibility index (Phi) is 5.77. The number of unbranched alkanes of at least 4 members (excludes halogenated alkanes) is 1. The third-order valence-electron chi connectivity index (χ3n) is 4.71. The third-order valence-corrected chi connectivity index (χ3v) is 5.03. The van der Waals surface area contributed by atoms with Crippen molar-refractivity contribution in [2.75, 3.05) is 7.11 Å². The molecule has 0 aliphatic rings. The van der Waals surface area contributed by atoms with Gasteiger partial charge in [0, 0.05) is 18.0 Å². The summed E-state index contributed by atoms with van der Waals surface area (Å²) in [6.07, 6.45) is 5.93. The fraction of sp³-hybridized carbons (Fsp3) is 0.450. The number of fused-ring (bicyclic) bond motifs is 1. The maximum absolute atomic E-state index is 6.48. The normalized spacial score (nSPS) is 12.5. The summed E-state index contributed by atoms with van der Waals surface area (Å²) in [5.41, 5.74) is 3.29. The highest BCUT2D eigenvalue weighted by Gasteiger charge is 2.20. The number of ether oxygens (including phenoxy) is 1. The molecule has 0 radical (unpaired) electrons. The highest BCUT2D eigenvalue weighted by molar-refractivity contribution is 6.33. The molecule has 0 N–H and O–H groups in total. The summed E-state index contributed by atoms with van der Waals surface area (Å²) < 4.78 is 7.50. The van der Waals surface area contributed by atoms with E-state index in [2.05, 4.69) is 35.3 Å². The first-order valence-corrected chi connectivity index (χ1v) is 9.54. The average Bonchev–Trinajstić information content (AvgIpc) is 3.05. The van der Waals surface area contributed by atoms with Gasteiger partial charge >= 0.3 is 0 Å². The number of halogens is 1. The zero-order valence-electron chi connectivity index (χ0n) is 15.8. The van der Waals surface area contributed by atoms with Crippen LogP contribution in [0.3, 0.4) is 0 Å². The van der Waals surface area contributed by atoms with E-state index >= 15 is 0 Å². The van der Waals surface area contributed by atoms with Gasteiger partial charge in [-0.3, -0.25) is 0 Å². The monoisotopic (exact) mass is 372 g/mol. The molecule has 0 saturated heterocycles. The molecule has 2 heterocycles. The zero-order valence-corrected chi connectivity index (χ0v) is 16.5. The minimum Gasteiger partial charge on any atom is -0.497 e. The molecule has 26 heavy (non-hydrogen) atoms. The zero-order chi connectivity index (χ0) is 18.7. The summed E-state index contributed by atoms with van der Waals surface area (Å²) in [5.74, 6) is 1.76. The molecule has 0 spiro atoms. The van der Waals surface area contributed by atoms with E-state index in [1.807, 2.05) is 12.1 Å². The van der Waals surface area contributed by atoms with E-state index in [0.717, 1.165) is 46.8 Å². The Labute approximate surface area is 159 Å². The van der Waals surface area contributed by atoms with E-state index in [4.69, 9.17) is 21.3 Å². The van der Waals surface area contributed by atoms with Crippen LogP contribution >= 0.6 is 11.6 Å². The van der Waals surface area contributed by atoms with E-state index in [-0.39, 0.29) is 0 Å². The first-order valence-electron chi connectivity index (χ1n) is 9.16. The number of rotatable bonds is 7. The molecule has 0 aliphatic carbocycles. The molecular weight excluding hydrogens is 348 g/mol. The van der Waals surface area contributed by atoms with Crippen LogP contribution in [0, 0.1) is 0 Å². The number of imidazole rings is 1. The molecule has 6 heteroatoms. The number of aromatic nitrogens is 4. The van der Waals surface area contributed by atoms with Crippen molar-refractivity contribution in [1.29, 1.82) is 0 Å². The van der Waals surface area contributed by atoms with Crippen molar-refractivity contribution >= 4 is 22.8 Å². The molecule has 0 bridgehead atoms. The van der Waals surface area contributed by atoms with Gasteiger partial charge in [-0.15, -0.1) is 0 Å². The second-order valence-corrected chi connectivity index (χ2v) is 6.89. The van der Waals surface area contributed by atoms with Gasteiger partial charge < -0.3 is 9.30 Å². The molecule has 1 atom stereocenters. The van der Waals surface area contributed by atoms with Crippen LogP contribution in [0.15, 0.2) is 24.5 Å². The third kappa shape index (κ3) is 3.40. The van der Waals surface area contributed by atoms with Crippen LogP contribution in [0.2, 0.25) is 5.02 Å². The Bertz CT molecular complexity index is 906. The Hall–Kier alpha value is -2.14. The Morgan fingerprint density at radius 1 is 1.23 bits per heavy atom. The van der Waals surface area contributed by atoms with Crippen molar-refractivity contribution in [3.63, 3.8) is 0 Å². The number of hydrogen-bond donors (Lipinski definition) is 0. The minimum atomic E-state index is 0.351. The Morgan fingerprint density at radius 2 is 2.04 bits per heavy atom. The van der Waals surface area contributed by atoms with Crippen LogP contribution in [0.1, 0.15) is 51.9 Å². The van der Waals surface area contributed by atoms with Crippen LogP contribution in [-0.4, -0.2) is 26.6 Å². The highest BCUT2D eigenvalue weighted by atomic mass is 35.5. The predicted octanol–water partition coefficient (Wildman–Crippen LogP) is 5.47. The van der Waals surface area contributed by atoms with Crippen LogP contribution in [-0.2, 0) is 6.42 Å². The lowest BCUT2D eigenvalue weighted by Crippen LogP contribution is -2.09. The van der Waals surface area contributed by atoms with Crippen LogP contribution < -0.4 is 4.74 Å². The van der Waals surface area contributed by atoms with Crippen molar-refractivity contribution in [3.8, 4) is 17.0 Å². The lowest BCUT2D eigenvalue weighted by Gasteiger charge is -2.16. The molecule has 0 aliphatic heterocycles. The first-order chi connectivity index (χ1) is 12.6. The SMILES string of the molecule is CCCCC(C)n1c(CC)nc2c(-c3ccc(OC)cc3Cl)ncnc21. The van der Waals surface area contributed by atoms with E-state index in [0.29, 0.717) is 11.1 Å². The van der Waals surface area contributed by atoms with Gasteiger partial charge in [-0.2, -0.15) is 0 Å². The summed E-state index contributed by atoms with van der Waals surface area (Å²) in [4.78, 5) is 13.9. The van der Waals surface area contributed by atoms with Gasteiger partial charge in [0.25, 0.3) is 0 Å². The standard InChI is InChI=1S/C20H25ClN4O/c1-5-7-8-13(3)25-17(6-2)24-19-18(22-12-23-20(19)25)15-10-9-14(26-4)11-16(15)21/h9-13H,5-8H2,1-4H3. The molecule has 0 amide bonds. The van der Waals surface area contributed by atoms with E-state index in [1.165, 1.54) is 12.8 Å². The molecule has 138 valence electrons. The number of hydrogen-bond acceptors (Lipinski definition) is 4. The Morgan fingerprint density at radius 3 is 2.69 bits per heavy atom. The molecule has 0 fully saturated rings. The van der Waals surface area contributed by atoms with Crippen LogP contribution in [0.5, 0.6) is 5.75 Å². The fourth-order valence-electron chi connectivity index (χ4n) is 3.31. The molecule has 0 saturated carbocycles. The number of methoxy groups -OCH3 is 1. The first kappa shape index (κ1) is 18.6. The smallest absolute Gasteiger partial charge is 0.164 e. The predicted molar refractivity (Wildman–Crippen MR) is 106 cm³/mol. The summed E-state index contributed by atoms with van der Waals surface area (Å²) in [5, 5.41) is 0.593. The van der Waals surface area contributed by atoms with Gasteiger partial charge in [-0.25, -0.2) is 15.0 Å². The summed E-state index contributed by atoms with van der Waals surface area (Å²) in [6.45, 7) is 6.57. The largest absolute Gasteiger partial charge is 0.497 e. The van der Waals surface area contributed by atoms with Gasteiger partial charge in [-0.05, 0) is 31.5 Å². The molecule has 1 aromatic carbocycles. The van der Waals surface area contributed by atoms with E-state index in [1.54, 1.807) is 19.5 Å². The topological polar surface area (TPSA) is 52.8 Å². The minimum absolute atomic E-state index is 0.351. The number of nitrogens with zero attached hydrogens (tertiary/aromatic N) is 4. The Balaban J connectivity index is 2.16. The van der Waals surface area contributed by atoms with Crippen molar-refractivity contribution in [3.05, 3.63) is 35.4 Å². The van der Waals surface area contributed by atoms with Gasteiger partial charge in [0.15, 0.2) is 5.65 Å². The molecule has 3 aromatic rings. The lowest BCUT2D eigenvalue weighted by atomic mass is 10.1. The van der Waals surface area contributed by atoms with Gasteiger partial charge in [0.1, 0.15) is 29.1 Å². The van der Waals surface area contributed by atoms with Gasteiger partial charge in [0.05, 0.1) is 12.1 Å². The van der Waals surface area contributed by atoms with Crippen molar-refractivity contribution in [2.24, 2.45) is 0 Å². The van der Waals surface area contributed by atoms with Crippen molar-refractivity contribution in [2.45, 2.75) is 52.5 Å². The highest BCUT2D eigenvalue weighted by Crippen LogP contribution is 2.34. The molecular formula is C20H25ClN4O. The van der Waals surface area contributed by atoms with E-state index < -0.39 is 0 Å². The van der Waals surface area contributed by atoms with Crippen molar-refractivity contribution in [1.82, 2.24) is 19.5 Å². The lowest BCUT2D eigenvalue weighted by molar-refractivity contribution is 0.415. The quantitative estimate of drug-likeness (QED) is 0.551. The molecule has 2 aromatic heterocycles. The number of aryl methyl sites for hydroxylation is 1. The van der Waals surface area contributed by atoms with E-state index in [9.17, 15) is 0 Å². The molecule has 1 unspecified atom stereocenters. The second-order valence-electron chi connectivity index (χ2n) is 6.48. The van der Waals surface area contributed by atoms with Crippen molar-refractivity contribution < 1.29 is 4.74 Å². The molecule has 3 rings (SSSR count). The maximum Gasteiger partial charge on any atom is 0.164 e. The fourth-order valence-corrected chi connectivity index (χ4v) is 3.57. The van der Waals surface area contributed by atoms with Crippen LogP contribution in [0.25, 0.3) is 22.4 Å². The summed E-state index contributed by atoms with van der Waals surface area (Å²) in [6, 6.07) is 5.96. The van der Waals surface area contributed by atoms with Crippen LogP contribution in [0.4, 0.5) is 0 Å². The van der Waals surface area contributed by atoms with Gasteiger partial charge in [0.2, 0.25) is 0 Å².